The Bertz CT molecular complexity index is 734. The Kier molecular flexibility index (Phi) is 6.95. The number of carbonyl (C=O) groups is 1. The lowest BCUT2D eigenvalue weighted by molar-refractivity contribution is -0.146. The maximum Gasteiger partial charge on any atom is 0.253 e. The number of rotatable bonds is 9. The molecule has 1 saturated heterocycles. The lowest BCUT2D eigenvalue weighted by Gasteiger charge is -2.30. The predicted molar refractivity (Wildman–Crippen MR) is 112 cm³/mol. The van der Waals surface area contributed by atoms with E-state index in [0.717, 1.165) is 59.3 Å². The third-order valence-corrected chi connectivity index (χ3v) is 6.39. The minimum absolute atomic E-state index is 0.0654. The van der Waals surface area contributed by atoms with Crippen molar-refractivity contribution in [2.45, 2.75) is 44.4 Å². The molecule has 160 valence electrons. The molecule has 4 rings (SSSR count). The summed E-state index contributed by atoms with van der Waals surface area (Å²) < 4.78 is 23.7. The van der Waals surface area contributed by atoms with E-state index in [0.29, 0.717) is 45.6 Å². The van der Waals surface area contributed by atoms with E-state index < -0.39 is 6.10 Å². The van der Waals surface area contributed by atoms with Crippen molar-refractivity contribution in [1.82, 2.24) is 10.2 Å². The van der Waals surface area contributed by atoms with Crippen LogP contribution in [0.3, 0.4) is 0 Å². The summed E-state index contributed by atoms with van der Waals surface area (Å²) in [5.74, 6) is 1.77. The van der Waals surface area contributed by atoms with Gasteiger partial charge in [0.05, 0.1) is 24.3 Å². The summed E-state index contributed by atoms with van der Waals surface area (Å²) in [4.78, 5) is 15.1. The van der Waals surface area contributed by atoms with Crippen molar-refractivity contribution in [2.75, 3.05) is 46.6 Å². The predicted octanol–water partition coefficient (Wildman–Crippen LogP) is 2.28. The molecule has 2 heterocycles. The summed E-state index contributed by atoms with van der Waals surface area (Å²) in [6.07, 6.45) is 3.34. The summed E-state index contributed by atoms with van der Waals surface area (Å²) in [5.41, 5.74) is 2.11. The van der Waals surface area contributed by atoms with E-state index >= 15 is 0 Å². The van der Waals surface area contributed by atoms with Crippen LogP contribution in [0.15, 0.2) is 10.5 Å². The molecule has 8 heteroatoms. The average molecular weight is 469 g/mol. The number of halogens is 1. The van der Waals surface area contributed by atoms with Gasteiger partial charge in [0, 0.05) is 57.8 Å². The van der Waals surface area contributed by atoms with Gasteiger partial charge in [-0.15, -0.1) is 0 Å². The number of carbonyl (C=O) groups excluding carboxylic acids is 1. The maximum atomic E-state index is 13.1. The van der Waals surface area contributed by atoms with Crippen LogP contribution in [-0.4, -0.2) is 69.6 Å². The summed E-state index contributed by atoms with van der Waals surface area (Å²) >= 11 is 3.75. The van der Waals surface area contributed by atoms with Crippen molar-refractivity contribution < 1.29 is 23.7 Å². The lowest BCUT2D eigenvalue weighted by atomic mass is 10.1. The Morgan fingerprint density at radius 2 is 2.21 bits per heavy atom. The SMILES string of the molecule is COCCCOc1c(Br)c(CN(C(=O)[C@H]2CNCCO2)C2CC2)cc2c1CCO2. The molecule has 0 radical (unpaired) electrons. The van der Waals surface area contributed by atoms with Crippen molar-refractivity contribution in [1.29, 1.82) is 0 Å². The minimum atomic E-state index is -0.404. The lowest BCUT2D eigenvalue weighted by Crippen LogP contribution is -2.49. The largest absolute Gasteiger partial charge is 0.493 e. The number of hydrogen-bond acceptors (Lipinski definition) is 6. The Balaban J connectivity index is 1.54. The van der Waals surface area contributed by atoms with Gasteiger partial charge in [-0.3, -0.25) is 4.79 Å². The molecule has 0 unspecified atom stereocenters. The van der Waals surface area contributed by atoms with Gasteiger partial charge < -0.3 is 29.2 Å². The summed E-state index contributed by atoms with van der Waals surface area (Å²) in [6.45, 7) is 4.37. The van der Waals surface area contributed by atoms with Gasteiger partial charge >= 0.3 is 0 Å². The topological polar surface area (TPSA) is 69.3 Å². The Labute approximate surface area is 180 Å². The van der Waals surface area contributed by atoms with Crippen LogP contribution in [0.5, 0.6) is 11.5 Å². The highest BCUT2D eigenvalue weighted by atomic mass is 79.9. The fourth-order valence-corrected chi connectivity index (χ4v) is 4.43. The number of morpholine rings is 1. The average Bonchev–Trinajstić information content (AvgIpc) is 3.48. The molecule has 0 spiro atoms. The van der Waals surface area contributed by atoms with Gasteiger partial charge in [0.1, 0.15) is 17.6 Å². The highest BCUT2D eigenvalue weighted by molar-refractivity contribution is 9.10. The normalized spacial score (nSPS) is 20.8. The Hall–Kier alpha value is -1.35. The van der Waals surface area contributed by atoms with Gasteiger partial charge in [-0.2, -0.15) is 0 Å². The zero-order valence-electron chi connectivity index (χ0n) is 16.9. The van der Waals surface area contributed by atoms with E-state index in [-0.39, 0.29) is 5.91 Å². The molecular formula is C21H29BrN2O5. The zero-order valence-corrected chi connectivity index (χ0v) is 18.5. The second-order valence-electron chi connectivity index (χ2n) is 7.71. The molecule has 3 aliphatic rings. The highest BCUT2D eigenvalue weighted by Gasteiger charge is 2.37. The molecule has 1 atom stereocenters. The first-order valence-corrected chi connectivity index (χ1v) is 11.2. The van der Waals surface area contributed by atoms with Gasteiger partial charge in [0.15, 0.2) is 0 Å². The minimum Gasteiger partial charge on any atom is -0.493 e. The monoisotopic (exact) mass is 468 g/mol. The van der Waals surface area contributed by atoms with Gasteiger partial charge in [0.2, 0.25) is 0 Å². The molecule has 0 aromatic heterocycles. The molecule has 29 heavy (non-hydrogen) atoms. The zero-order chi connectivity index (χ0) is 20.2. The van der Waals surface area contributed by atoms with E-state index in [4.69, 9.17) is 18.9 Å². The molecule has 1 aromatic carbocycles. The van der Waals surface area contributed by atoms with Gasteiger partial charge in [-0.05, 0) is 40.4 Å². The van der Waals surface area contributed by atoms with Crippen molar-refractivity contribution in [2.24, 2.45) is 0 Å². The highest BCUT2D eigenvalue weighted by Crippen LogP contribution is 2.43. The van der Waals surface area contributed by atoms with Crippen LogP contribution in [0.25, 0.3) is 0 Å². The van der Waals surface area contributed by atoms with E-state index in [1.165, 1.54) is 0 Å². The molecule has 0 bridgehead atoms. The molecule has 1 saturated carbocycles. The number of amides is 1. The molecular weight excluding hydrogens is 440 g/mol. The second-order valence-corrected chi connectivity index (χ2v) is 8.50. The van der Waals surface area contributed by atoms with Gasteiger partial charge in [0.25, 0.3) is 5.91 Å². The van der Waals surface area contributed by atoms with Crippen LogP contribution in [0.2, 0.25) is 0 Å². The van der Waals surface area contributed by atoms with Crippen LogP contribution in [0.4, 0.5) is 0 Å². The van der Waals surface area contributed by atoms with Crippen LogP contribution >= 0.6 is 15.9 Å². The molecule has 2 fully saturated rings. The number of methoxy groups -OCH3 is 1. The first-order valence-electron chi connectivity index (χ1n) is 10.4. The first kappa shape index (κ1) is 20.9. The van der Waals surface area contributed by atoms with Crippen LogP contribution in [0, 0.1) is 0 Å². The van der Waals surface area contributed by atoms with E-state index in [9.17, 15) is 4.79 Å². The molecule has 7 nitrogen and oxygen atoms in total. The quantitative estimate of drug-likeness (QED) is 0.560. The smallest absolute Gasteiger partial charge is 0.253 e. The standard InChI is InChI=1S/C21H29BrN2O5/c1-26-7-2-8-29-20-16-5-9-27-17(16)11-14(19(20)22)13-24(15-3-4-15)21(25)18-12-23-6-10-28-18/h11,15,18,23H,2-10,12-13H2,1H3/t18-/m1/s1. The number of fused-ring (bicyclic) bond motifs is 1. The molecule has 1 aliphatic carbocycles. The van der Waals surface area contributed by atoms with Gasteiger partial charge in [-0.25, -0.2) is 0 Å². The third-order valence-electron chi connectivity index (χ3n) is 5.52. The number of nitrogens with zero attached hydrogens (tertiary/aromatic N) is 1. The number of ether oxygens (including phenoxy) is 4. The van der Waals surface area contributed by atoms with E-state index in [1.807, 2.05) is 4.90 Å². The summed E-state index contributed by atoms with van der Waals surface area (Å²) in [7, 11) is 1.69. The van der Waals surface area contributed by atoms with Crippen molar-refractivity contribution in [3.05, 3.63) is 21.7 Å². The third kappa shape index (κ3) is 4.87. The molecule has 2 aliphatic heterocycles. The first-order chi connectivity index (χ1) is 14.2. The summed E-state index contributed by atoms with van der Waals surface area (Å²) in [6, 6.07) is 2.34. The summed E-state index contributed by atoms with van der Waals surface area (Å²) in [5, 5.41) is 3.25. The fourth-order valence-electron chi connectivity index (χ4n) is 3.84. The van der Waals surface area contributed by atoms with E-state index in [2.05, 4.69) is 27.3 Å². The maximum absolute atomic E-state index is 13.1. The van der Waals surface area contributed by atoms with Crippen LogP contribution < -0.4 is 14.8 Å². The van der Waals surface area contributed by atoms with Crippen LogP contribution in [-0.2, 0) is 27.2 Å². The van der Waals surface area contributed by atoms with Gasteiger partial charge in [-0.1, -0.05) is 0 Å². The Morgan fingerprint density at radius 1 is 1.34 bits per heavy atom. The number of hydrogen-bond donors (Lipinski definition) is 1. The van der Waals surface area contributed by atoms with Crippen molar-refractivity contribution in [3.63, 3.8) is 0 Å². The Morgan fingerprint density at radius 3 is 2.93 bits per heavy atom. The van der Waals surface area contributed by atoms with Crippen molar-refractivity contribution >= 4 is 21.8 Å². The molecule has 1 aromatic rings. The van der Waals surface area contributed by atoms with Crippen molar-refractivity contribution in [3.8, 4) is 11.5 Å². The molecule has 1 N–H and O–H groups in total. The second kappa shape index (κ2) is 9.64. The fraction of sp³-hybridized carbons (Fsp3) is 0.667. The number of nitrogens with one attached hydrogen (secondary N) is 1. The molecule has 1 amide bonds. The number of benzene rings is 1. The van der Waals surface area contributed by atoms with Crippen LogP contribution in [0.1, 0.15) is 30.4 Å². The van der Waals surface area contributed by atoms with E-state index in [1.54, 1.807) is 7.11 Å².